The Morgan fingerprint density at radius 3 is 2.62 bits per heavy atom. The Labute approximate surface area is 148 Å². The monoisotopic (exact) mass is 354 g/mol. The standard InChI is InChI=1S/C18H15FN4O3/c1-26-14-4-2-3-11(9-14)10-22-16-15(20-21-22)17(24)23(18(16)25)13-7-5-12(19)6-8-13/h2-9,15-16H,10H2,1H3/t15-,16-/m0/s1. The van der Waals surface area contributed by atoms with Gasteiger partial charge in [-0.1, -0.05) is 17.4 Å². The Morgan fingerprint density at radius 1 is 1.12 bits per heavy atom. The number of hydrogen-bond acceptors (Lipinski definition) is 6. The summed E-state index contributed by atoms with van der Waals surface area (Å²) in [4.78, 5) is 26.5. The summed E-state index contributed by atoms with van der Waals surface area (Å²) in [6.07, 6.45) is 0. The van der Waals surface area contributed by atoms with Crippen molar-refractivity contribution in [3.05, 3.63) is 59.9 Å². The van der Waals surface area contributed by atoms with Gasteiger partial charge < -0.3 is 4.74 Å². The third-order valence-corrected chi connectivity index (χ3v) is 4.42. The largest absolute Gasteiger partial charge is 0.497 e. The molecule has 2 aliphatic heterocycles. The molecule has 0 unspecified atom stereocenters. The summed E-state index contributed by atoms with van der Waals surface area (Å²) in [6, 6.07) is 10.9. The van der Waals surface area contributed by atoms with Gasteiger partial charge in [0, 0.05) is 0 Å². The lowest BCUT2D eigenvalue weighted by molar-refractivity contribution is -0.123. The van der Waals surface area contributed by atoms with Gasteiger partial charge in [0.25, 0.3) is 11.8 Å². The summed E-state index contributed by atoms with van der Waals surface area (Å²) in [5.41, 5.74) is 1.21. The first-order valence-corrected chi connectivity index (χ1v) is 8.02. The number of benzene rings is 2. The molecule has 0 radical (unpaired) electrons. The van der Waals surface area contributed by atoms with Crippen LogP contribution < -0.4 is 9.64 Å². The normalized spacial score (nSPS) is 21.5. The molecule has 4 rings (SSSR count). The highest BCUT2D eigenvalue weighted by atomic mass is 19.1. The fourth-order valence-electron chi connectivity index (χ4n) is 3.16. The van der Waals surface area contributed by atoms with Crippen molar-refractivity contribution in [1.29, 1.82) is 0 Å². The van der Waals surface area contributed by atoms with E-state index in [-0.39, 0.29) is 0 Å². The summed E-state index contributed by atoms with van der Waals surface area (Å²) in [6.45, 7) is 0.318. The van der Waals surface area contributed by atoms with Crippen molar-refractivity contribution in [2.75, 3.05) is 12.0 Å². The number of amides is 2. The zero-order valence-electron chi connectivity index (χ0n) is 13.9. The number of fused-ring (bicyclic) bond motifs is 1. The van der Waals surface area contributed by atoms with E-state index in [1.807, 2.05) is 24.3 Å². The van der Waals surface area contributed by atoms with Crippen LogP contribution in [0.4, 0.5) is 10.1 Å². The molecular formula is C18H15FN4O3. The average Bonchev–Trinajstić information content (AvgIpc) is 3.17. The number of hydrogen-bond donors (Lipinski definition) is 0. The first kappa shape index (κ1) is 16.2. The van der Waals surface area contributed by atoms with Crippen LogP contribution >= 0.6 is 0 Å². The fourth-order valence-corrected chi connectivity index (χ4v) is 3.16. The van der Waals surface area contributed by atoms with Crippen LogP contribution in [0.25, 0.3) is 0 Å². The van der Waals surface area contributed by atoms with Gasteiger partial charge in [0.2, 0.25) is 0 Å². The Hall–Kier alpha value is -3.29. The van der Waals surface area contributed by atoms with Crippen LogP contribution in [-0.2, 0) is 16.1 Å². The van der Waals surface area contributed by atoms with Gasteiger partial charge >= 0.3 is 0 Å². The lowest BCUT2D eigenvalue weighted by Gasteiger charge is -2.20. The van der Waals surface area contributed by atoms with Crippen molar-refractivity contribution in [2.45, 2.75) is 18.6 Å². The number of nitrogens with zero attached hydrogens (tertiary/aromatic N) is 4. The molecule has 2 atom stereocenters. The highest BCUT2D eigenvalue weighted by Gasteiger charge is 2.54. The van der Waals surface area contributed by atoms with Gasteiger partial charge in [-0.3, -0.25) is 14.6 Å². The molecule has 2 aromatic rings. The molecule has 2 amide bonds. The second-order valence-electron chi connectivity index (χ2n) is 6.03. The van der Waals surface area contributed by atoms with E-state index in [9.17, 15) is 14.0 Å². The van der Waals surface area contributed by atoms with Crippen molar-refractivity contribution < 1.29 is 18.7 Å². The minimum Gasteiger partial charge on any atom is -0.497 e. The van der Waals surface area contributed by atoms with Crippen LogP contribution in [0.1, 0.15) is 5.56 Å². The van der Waals surface area contributed by atoms with Crippen LogP contribution in [0.2, 0.25) is 0 Å². The number of carbonyl (C=O) groups excluding carboxylic acids is 2. The summed E-state index contributed by atoms with van der Waals surface area (Å²) >= 11 is 0. The predicted octanol–water partition coefficient (Wildman–Crippen LogP) is 2.33. The minimum absolute atomic E-state index is 0.318. The van der Waals surface area contributed by atoms with Crippen molar-refractivity contribution in [2.24, 2.45) is 10.3 Å². The van der Waals surface area contributed by atoms with Crippen molar-refractivity contribution in [3.63, 3.8) is 0 Å². The number of ether oxygens (including phenoxy) is 1. The molecule has 132 valence electrons. The molecule has 7 nitrogen and oxygen atoms in total. The molecule has 0 bridgehead atoms. The molecule has 0 saturated carbocycles. The van der Waals surface area contributed by atoms with Crippen LogP contribution in [0, 0.1) is 5.82 Å². The van der Waals surface area contributed by atoms with Crippen LogP contribution in [-0.4, -0.2) is 36.0 Å². The lowest BCUT2D eigenvalue weighted by Crippen LogP contribution is -2.39. The summed E-state index contributed by atoms with van der Waals surface area (Å²) in [5.74, 6) is -0.618. The summed E-state index contributed by atoms with van der Waals surface area (Å²) in [7, 11) is 1.57. The van der Waals surface area contributed by atoms with Gasteiger partial charge in [0.1, 0.15) is 11.6 Å². The Bertz CT molecular complexity index is 900. The van der Waals surface area contributed by atoms with Gasteiger partial charge in [0.05, 0.1) is 19.3 Å². The van der Waals surface area contributed by atoms with E-state index in [1.165, 1.54) is 29.3 Å². The predicted molar refractivity (Wildman–Crippen MR) is 89.9 cm³/mol. The van der Waals surface area contributed by atoms with Gasteiger partial charge in [0.15, 0.2) is 12.1 Å². The Morgan fingerprint density at radius 2 is 1.88 bits per heavy atom. The zero-order valence-corrected chi connectivity index (χ0v) is 13.9. The molecule has 2 aromatic carbocycles. The van der Waals surface area contributed by atoms with Crippen LogP contribution in [0.5, 0.6) is 5.75 Å². The van der Waals surface area contributed by atoms with Crippen molar-refractivity contribution in [3.8, 4) is 5.75 Å². The summed E-state index contributed by atoms with van der Waals surface area (Å²) in [5, 5.41) is 9.48. The van der Waals surface area contributed by atoms with E-state index in [0.717, 1.165) is 10.5 Å². The first-order chi connectivity index (χ1) is 12.6. The Balaban J connectivity index is 1.58. The molecule has 0 aromatic heterocycles. The second-order valence-corrected chi connectivity index (χ2v) is 6.03. The van der Waals surface area contributed by atoms with E-state index in [2.05, 4.69) is 10.3 Å². The fraction of sp³-hybridized carbons (Fsp3) is 0.222. The maximum Gasteiger partial charge on any atom is 0.263 e. The minimum atomic E-state index is -0.877. The third kappa shape index (κ3) is 2.59. The van der Waals surface area contributed by atoms with Gasteiger partial charge in [-0.15, -0.1) is 0 Å². The second kappa shape index (κ2) is 6.21. The van der Waals surface area contributed by atoms with Gasteiger partial charge in [-0.05, 0) is 42.0 Å². The number of rotatable bonds is 4. The molecule has 1 saturated heterocycles. The SMILES string of the molecule is COc1cccc(CN2N=N[C@@H]3C(=O)N(c4ccc(F)cc4)C(=O)[C@H]32)c1. The topological polar surface area (TPSA) is 74.6 Å². The molecule has 2 aliphatic rings. The summed E-state index contributed by atoms with van der Waals surface area (Å²) < 4.78 is 18.3. The lowest BCUT2D eigenvalue weighted by atomic mass is 10.1. The molecule has 1 fully saturated rings. The number of halogens is 1. The zero-order chi connectivity index (χ0) is 18.3. The highest BCUT2D eigenvalue weighted by Crippen LogP contribution is 2.33. The first-order valence-electron chi connectivity index (χ1n) is 8.02. The maximum atomic E-state index is 13.1. The average molecular weight is 354 g/mol. The molecule has 0 aliphatic carbocycles. The van der Waals surface area contributed by atoms with E-state index < -0.39 is 29.7 Å². The van der Waals surface area contributed by atoms with E-state index in [1.54, 1.807) is 7.11 Å². The smallest absolute Gasteiger partial charge is 0.263 e. The number of anilines is 1. The van der Waals surface area contributed by atoms with Crippen molar-refractivity contribution in [1.82, 2.24) is 5.01 Å². The highest BCUT2D eigenvalue weighted by molar-refractivity contribution is 6.25. The van der Waals surface area contributed by atoms with Gasteiger partial charge in [-0.2, -0.15) is 5.11 Å². The number of imide groups is 1. The molecular weight excluding hydrogens is 339 g/mol. The van der Waals surface area contributed by atoms with Crippen LogP contribution in [0.3, 0.4) is 0 Å². The quantitative estimate of drug-likeness (QED) is 0.790. The molecule has 8 heteroatoms. The number of carbonyl (C=O) groups is 2. The van der Waals surface area contributed by atoms with Crippen molar-refractivity contribution >= 4 is 17.5 Å². The molecule has 0 N–H and O–H groups in total. The number of methoxy groups -OCH3 is 1. The maximum absolute atomic E-state index is 13.1. The van der Waals surface area contributed by atoms with E-state index in [0.29, 0.717) is 18.0 Å². The van der Waals surface area contributed by atoms with E-state index >= 15 is 0 Å². The van der Waals surface area contributed by atoms with E-state index in [4.69, 9.17) is 4.74 Å². The van der Waals surface area contributed by atoms with Gasteiger partial charge in [-0.25, -0.2) is 9.29 Å². The molecule has 2 heterocycles. The van der Waals surface area contributed by atoms with Crippen LogP contribution in [0.15, 0.2) is 58.9 Å². The molecule has 0 spiro atoms. The molecule has 26 heavy (non-hydrogen) atoms. The Kier molecular flexibility index (Phi) is 3.87. The third-order valence-electron chi connectivity index (χ3n) is 4.42.